The molecule has 7 heteroatoms. The fourth-order valence-corrected chi connectivity index (χ4v) is 1.94. The molecule has 0 fully saturated rings. The van der Waals surface area contributed by atoms with E-state index in [1.54, 1.807) is 21.1 Å². The Morgan fingerprint density at radius 2 is 2.25 bits per heavy atom. The number of ether oxygens (including phenoxy) is 1. The molecule has 0 aromatic carbocycles. The largest absolute Gasteiger partial charge is 0.374 e. The molecule has 20 heavy (non-hydrogen) atoms. The van der Waals surface area contributed by atoms with Gasteiger partial charge < -0.3 is 19.9 Å². The zero-order valence-corrected chi connectivity index (χ0v) is 12.8. The second-order valence-electron chi connectivity index (χ2n) is 5.25. The molecule has 1 aromatic heterocycles. The molecule has 1 rings (SSSR count). The SMILES string of the molecule is CCCC(C)(N)C(=O)N(C)Cc1nc(C(C)OC)no1. The molecule has 1 heterocycles. The van der Waals surface area contributed by atoms with E-state index in [4.69, 9.17) is 15.0 Å². The van der Waals surface area contributed by atoms with E-state index in [0.29, 0.717) is 18.1 Å². The summed E-state index contributed by atoms with van der Waals surface area (Å²) >= 11 is 0. The summed E-state index contributed by atoms with van der Waals surface area (Å²) in [7, 11) is 3.24. The average molecular weight is 284 g/mol. The first-order chi connectivity index (χ1) is 9.31. The highest BCUT2D eigenvalue weighted by Gasteiger charge is 2.30. The molecular formula is C13H24N4O3. The maximum Gasteiger partial charge on any atom is 0.246 e. The highest BCUT2D eigenvalue weighted by Crippen LogP contribution is 2.15. The van der Waals surface area contributed by atoms with Crippen molar-refractivity contribution in [2.24, 2.45) is 5.73 Å². The Hall–Kier alpha value is -1.47. The third-order valence-corrected chi connectivity index (χ3v) is 3.18. The number of carbonyl (C=O) groups is 1. The van der Waals surface area contributed by atoms with Gasteiger partial charge in [-0.2, -0.15) is 4.98 Å². The van der Waals surface area contributed by atoms with Crippen molar-refractivity contribution in [3.05, 3.63) is 11.7 Å². The normalized spacial score (nSPS) is 15.7. The van der Waals surface area contributed by atoms with Crippen LogP contribution in [-0.2, 0) is 16.1 Å². The Morgan fingerprint density at radius 3 is 2.80 bits per heavy atom. The van der Waals surface area contributed by atoms with Crippen LogP contribution in [-0.4, -0.2) is 40.6 Å². The van der Waals surface area contributed by atoms with Gasteiger partial charge in [-0.1, -0.05) is 18.5 Å². The summed E-state index contributed by atoms with van der Waals surface area (Å²) in [5.74, 6) is 0.693. The molecule has 2 N–H and O–H groups in total. The summed E-state index contributed by atoms with van der Waals surface area (Å²) in [6, 6.07) is 0. The lowest BCUT2D eigenvalue weighted by atomic mass is 9.96. The predicted octanol–water partition coefficient (Wildman–Crippen LogP) is 1.25. The molecule has 0 radical (unpaired) electrons. The first kappa shape index (κ1) is 16.6. The van der Waals surface area contributed by atoms with Crippen LogP contribution in [0.1, 0.15) is 51.4 Å². The maximum absolute atomic E-state index is 12.2. The molecule has 0 bridgehead atoms. The molecule has 0 aliphatic rings. The number of amides is 1. The number of likely N-dealkylation sites (N-methyl/N-ethyl adjacent to an activating group) is 1. The van der Waals surface area contributed by atoms with Crippen LogP contribution < -0.4 is 5.73 Å². The number of rotatable bonds is 7. The van der Waals surface area contributed by atoms with Crippen molar-refractivity contribution in [1.82, 2.24) is 15.0 Å². The van der Waals surface area contributed by atoms with Crippen molar-refractivity contribution in [2.45, 2.75) is 51.8 Å². The summed E-state index contributed by atoms with van der Waals surface area (Å²) in [5, 5.41) is 3.82. The molecule has 0 saturated heterocycles. The highest BCUT2D eigenvalue weighted by molar-refractivity contribution is 5.85. The molecule has 0 aliphatic carbocycles. The number of hydrogen-bond donors (Lipinski definition) is 1. The topological polar surface area (TPSA) is 94.5 Å². The van der Waals surface area contributed by atoms with Crippen molar-refractivity contribution >= 4 is 5.91 Å². The molecule has 0 aliphatic heterocycles. The average Bonchev–Trinajstić information content (AvgIpc) is 2.85. The van der Waals surface area contributed by atoms with Crippen LogP contribution in [0, 0.1) is 0 Å². The van der Waals surface area contributed by atoms with Crippen LogP contribution in [0.4, 0.5) is 0 Å². The Balaban J connectivity index is 2.68. The lowest BCUT2D eigenvalue weighted by molar-refractivity contribution is -0.136. The van der Waals surface area contributed by atoms with Crippen molar-refractivity contribution in [3.63, 3.8) is 0 Å². The van der Waals surface area contributed by atoms with Crippen molar-refractivity contribution in [3.8, 4) is 0 Å². The molecular weight excluding hydrogens is 260 g/mol. The first-order valence-corrected chi connectivity index (χ1v) is 6.71. The Labute approximate surface area is 119 Å². The number of nitrogens with zero attached hydrogens (tertiary/aromatic N) is 3. The van der Waals surface area contributed by atoms with Crippen molar-refractivity contribution in [2.75, 3.05) is 14.2 Å². The summed E-state index contributed by atoms with van der Waals surface area (Å²) in [4.78, 5) is 17.9. The van der Waals surface area contributed by atoms with Crippen molar-refractivity contribution in [1.29, 1.82) is 0 Å². The van der Waals surface area contributed by atoms with E-state index in [0.717, 1.165) is 6.42 Å². The molecule has 1 amide bonds. The lowest BCUT2D eigenvalue weighted by Crippen LogP contribution is -2.51. The van der Waals surface area contributed by atoms with Gasteiger partial charge in [0, 0.05) is 14.2 Å². The van der Waals surface area contributed by atoms with Gasteiger partial charge in [0.1, 0.15) is 6.10 Å². The van der Waals surface area contributed by atoms with Crippen LogP contribution in [0.25, 0.3) is 0 Å². The third kappa shape index (κ3) is 4.01. The van der Waals surface area contributed by atoms with E-state index in [1.165, 1.54) is 4.90 Å². The molecule has 2 atom stereocenters. The number of methoxy groups -OCH3 is 1. The zero-order valence-electron chi connectivity index (χ0n) is 12.8. The van der Waals surface area contributed by atoms with Crippen LogP contribution in [0.15, 0.2) is 4.52 Å². The van der Waals surface area contributed by atoms with E-state index in [-0.39, 0.29) is 18.6 Å². The number of carbonyl (C=O) groups excluding carboxylic acids is 1. The van der Waals surface area contributed by atoms with Crippen LogP contribution in [0.3, 0.4) is 0 Å². The van der Waals surface area contributed by atoms with Gasteiger partial charge in [-0.05, 0) is 20.3 Å². The first-order valence-electron chi connectivity index (χ1n) is 6.71. The van der Waals surface area contributed by atoms with E-state index < -0.39 is 5.54 Å². The fraction of sp³-hybridized carbons (Fsp3) is 0.769. The monoisotopic (exact) mass is 284 g/mol. The molecule has 114 valence electrons. The third-order valence-electron chi connectivity index (χ3n) is 3.18. The van der Waals surface area contributed by atoms with Crippen LogP contribution >= 0.6 is 0 Å². The smallest absolute Gasteiger partial charge is 0.246 e. The fourth-order valence-electron chi connectivity index (χ4n) is 1.94. The van der Waals surface area contributed by atoms with E-state index in [9.17, 15) is 4.79 Å². The molecule has 0 saturated carbocycles. The summed E-state index contributed by atoms with van der Waals surface area (Å²) in [5.41, 5.74) is 5.15. The minimum atomic E-state index is -0.869. The molecule has 7 nitrogen and oxygen atoms in total. The van der Waals surface area contributed by atoms with Crippen LogP contribution in [0.5, 0.6) is 0 Å². The number of hydrogen-bond acceptors (Lipinski definition) is 6. The minimum absolute atomic E-state index is 0.140. The Morgan fingerprint density at radius 1 is 1.60 bits per heavy atom. The number of aromatic nitrogens is 2. The minimum Gasteiger partial charge on any atom is -0.374 e. The van der Waals surface area contributed by atoms with Crippen LogP contribution in [0.2, 0.25) is 0 Å². The summed E-state index contributed by atoms with van der Waals surface area (Å²) in [6.07, 6.45) is 1.24. The zero-order chi connectivity index (χ0) is 15.3. The quantitative estimate of drug-likeness (QED) is 0.809. The molecule has 0 spiro atoms. The Kier molecular flexibility index (Phi) is 5.64. The van der Waals surface area contributed by atoms with Gasteiger partial charge in [0.25, 0.3) is 0 Å². The highest BCUT2D eigenvalue weighted by atomic mass is 16.5. The van der Waals surface area contributed by atoms with E-state index in [1.807, 2.05) is 13.8 Å². The maximum atomic E-state index is 12.2. The van der Waals surface area contributed by atoms with Gasteiger partial charge in [-0.15, -0.1) is 0 Å². The predicted molar refractivity (Wildman–Crippen MR) is 73.7 cm³/mol. The summed E-state index contributed by atoms with van der Waals surface area (Å²) in [6.45, 7) is 5.79. The number of nitrogens with two attached hydrogens (primary N) is 1. The van der Waals surface area contributed by atoms with Gasteiger partial charge in [0.2, 0.25) is 11.8 Å². The van der Waals surface area contributed by atoms with Gasteiger partial charge in [0.05, 0.1) is 12.1 Å². The molecule has 1 aromatic rings. The summed E-state index contributed by atoms with van der Waals surface area (Å²) < 4.78 is 10.2. The van der Waals surface area contributed by atoms with E-state index >= 15 is 0 Å². The standard InChI is InChI=1S/C13H24N4O3/c1-6-7-13(3,14)12(18)17(4)8-10-15-11(16-20-10)9(2)19-5/h9H,6-8,14H2,1-5H3. The second kappa shape index (κ2) is 6.81. The van der Waals surface area contributed by atoms with Gasteiger partial charge >= 0.3 is 0 Å². The van der Waals surface area contributed by atoms with Gasteiger partial charge in [0.15, 0.2) is 5.82 Å². The molecule has 2 unspecified atom stereocenters. The van der Waals surface area contributed by atoms with E-state index in [2.05, 4.69) is 10.1 Å². The van der Waals surface area contributed by atoms with Gasteiger partial charge in [-0.25, -0.2) is 0 Å². The van der Waals surface area contributed by atoms with Gasteiger partial charge in [-0.3, -0.25) is 4.79 Å². The Bertz CT molecular complexity index is 445. The second-order valence-corrected chi connectivity index (χ2v) is 5.25. The lowest BCUT2D eigenvalue weighted by Gasteiger charge is -2.28. The van der Waals surface area contributed by atoms with Crippen molar-refractivity contribution < 1.29 is 14.1 Å².